The molecule has 5 nitrogen and oxygen atoms in total. The predicted molar refractivity (Wildman–Crippen MR) is 97.7 cm³/mol. The molecule has 0 radical (unpaired) electrons. The number of anilines is 1. The highest BCUT2D eigenvalue weighted by Gasteiger charge is 2.56. The van der Waals surface area contributed by atoms with Crippen molar-refractivity contribution in [3.8, 4) is 0 Å². The zero-order chi connectivity index (χ0) is 20.6. The van der Waals surface area contributed by atoms with E-state index in [2.05, 4.69) is 4.98 Å². The van der Waals surface area contributed by atoms with Crippen LogP contribution in [0, 0.1) is 12.7 Å². The summed E-state index contributed by atoms with van der Waals surface area (Å²) in [6.45, 7) is 1.79. The lowest BCUT2D eigenvalue weighted by Crippen LogP contribution is -2.70. The fraction of sp³-hybridized carbons (Fsp3) is 0.316. The third-order valence-electron chi connectivity index (χ3n) is 4.73. The Bertz CT molecular complexity index is 923. The van der Waals surface area contributed by atoms with Gasteiger partial charge in [0.2, 0.25) is 5.91 Å². The van der Waals surface area contributed by atoms with Crippen LogP contribution in [-0.2, 0) is 16.1 Å². The van der Waals surface area contributed by atoms with Crippen LogP contribution in [0.5, 0.6) is 0 Å². The number of hydrogen-bond acceptors (Lipinski definition) is 3. The largest absolute Gasteiger partial charge is 0.317 e. The summed E-state index contributed by atoms with van der Waals surface area (Å²) < 4.78 is 42.3. The molecule has 1 aromatic carbocycles. The number of aryl methyl sites for hydroxylation is 1. The number of hydrogen-bond donors (Lipinski definition) is 0. The maximum atomic E-state index is 14.3. The first-order valence-corrected chi connectivity index (χ1v) is 8.79. The van der Waals surface area contributed by atoms with Gasteiger partial charge in [0.25, 0.3) is 12.3 Å². The van der Waals surface area contributed by atoms with Crippen LogP contribution in [0.15, 0.2) is 36.5 Å². The average Bonchev–Trinajstić information content (AvgIpc) is 2.63. The van der Waals surface area contributed by atoms with Gasteiger partial charge in [-0.25, -0.2) is 18.2 Å². The molecule has 0 aliphatic carbocycles. The van der Waals surface area contributed by atoms with Crippen molar-refractivity contribution in [3.63, 3.8) is 0 Å². The number of pyridine rings is 1. The van der Waals surface area contributed by atoms with Crippen molar-refractivity contribution < 1.29 is 22.8 Å². The number of amides is 2. The Labute approximate surface area is 164 Å². The fourth-order valence-electron chi connectivity index (χ4n) is 3.07. The number of carbonyl (C=O) groups excluding carboxylic acids is 2. The number of nitrogens with zero attached hydrogens (tertiary/aromatic N) is 3. The van der Waals surface area contributed by atoms with Gasteiger partial charge < -0.3 is 4.90 Å². The van der Waals surface area contributed by atoms with Crippen LogP contribution in [0.3, 0.4) is 0 Å². The molecule has 0 bridgehead atoms. The van der Waals surface area contributed by atoms with Gasteiger partial charge in [0.05, 0.1) is 0 Å². The van der Waals surface area contributed by atoms with Gasteiger partial charge in [-0.3, -0.25) is 14.5 Å². The average molecular weight is 412 g/mol. The van der Waals surface area contributed by atoms with Crippen molar-refractivity contribution in [2.45, 2.75) is 32.4 Å². The zero-order valence-electron chi connectivity index (χ0n) is 15.1. The third kappa shape index (κ3) is 3.44. The van der Waals surface area contributed by atoms with Gasteiger partial charge in [-0.1, -0.05) is 23.7 Å². The van der Waals surface area contributed by atoms with E-state index >= 15 is 0 Å². The van der Waals surface area contributed by atoms with E-state index in [1.54, 1.807) is 31.2 Å². The number of benzene rings is 1. The van der Waals surface area contributed by atoms with Crippen LogP contribution in [0.25, 0.3) is 0 Å². The molecular formula is C19H17ClF3N3O2. The molecule has 1 atom stereocenters. The molecule has 0 unspecified atom stereocenters. The number of carbonyl (C=O) groups is 2. The Morgan fingerprint density at radius 3 is 2.46 bits per heavy atom. The molecule has 2 amide bonds. The number of halogens is 4. The predicted octanol–water partition coefficient (Wildman–Crippen LogP) is 3.58. The lowest BCUT2D eigenvalue weighted by atomic mass is 9.94. The maximum Gasteiger partial charge on any atom is 0.270 e. The van der Waals surface area contributed by atoms with Crippen LogP contribution in [0.1, 0.15) is 18.1 Å². The van der Waals surface area contributed by atoms with E-state index in [4.69, 9.17) is 11.6 Å². The Morgan fingerprint density at radius 2 is 1.89 bits per heavy atom. The molecule has 1 aliphatic rings. The monoisotopic (exact) mass is 411 g/mol. The van der Waals surface area contributed by atoms with E-state index < -0.39 is 42.0 Å². The minimum Gasteiger partial charge on any atom is -0.317 e. The lowest BCUT2D eigenvalue weighted by molar-refractivity contribution is -0.161. The summed E-state index contributed by atoms with van der Waals surface area (Å²) in [7, 11) is 0. The van der Waals surface area contributed by atoms with Crippen LogP contribution in [0.2, 0.25) is 5.02 Å². The first-order valence-electron chi connectivity index (χ1n) is 8.41. The molecule has 28 heavy (non-hydrogen) atoms. The van der Waals surface area contributed by atoms with Crippen LogP contribution in [-0.4, -0.2) is 40.2 Å². The Morgan fingerprint density at radius 1 is 1.25 bits per heavy atom. The van der Waals surface area contributed by atoms with Gasteiger partial charge in [0.1, 0.15) is 6.54 Å². The summed E-state index contributed by atoms with van der Waals surface area (Å²) in [6, 6.07) is 7.41. The summed E-state index contributed by atoms with van der Waals surface area (Å²) in [5, 5.41) is 0.452. The molecule has 0 spiro atoms. The van der Waals surface area contributed by atoms with Crippen molar-refractivity contribution in [2.75, 3.05) is 11.4 Å². The first kappa shape index (κ1) is 20.1. The van der Waals surface area contributed by atoms with Crippen molar-refractivity contribution in [1.29, 1.82) is 0 Å². The van der Waals surface area contributed by atoms with Crippen molar-refractivity contribution >= 4 is 29.2 Å². The van der Waals surface area contributed by atoms with Crippen molar-refractivity contribution in [3.05, 3.63) is 58.5 Å². The molecule has 1 aliphatic heterocycles. The van der Waals surface area contributed by atoms with E-state index in [9.17, 15) is 22.8 Å². The van der Waals surface area contributed by atoms with Crippen molar-refractivity contribution in [1.82, 2.24) is 9.88 Å². The number of alkyl halides is 2. The molecule has 2 heterocycles. The molecule has 0 saturated carbocycles. The molecule has 3 rings (SSSR count). The van der Waals surface area contributed by atoms with E-state index in [-0.39, 0.29) is 6.54 Å². The van der Waals surface area contributed by atoms with E-state index in [1.165, 1.54) is 6.20 Å². The second-order valence-electron chi connectivity index (χ2n) is 6.76. The molecule has 0 N–H and O–H groups in total. The number of aromatic nitrogens is 1. The summed E-state index contributed by atoms with van der Waals surface area (Å²) in [5.41, 5.74) is -1.43. The van der Waals surface area contributed by atoms with Gasteiger partial charge >= 0.3 is 0 Å². The second-order valence-corrected chi connectivity index (χ2v) is 7.20. The lowest BCUT2D eigenvalue weighted by Gasteiger charge is -2.46. The van der Waals surface area contributed by atoms with Crippen LogP contribution >= 0.6 is 11.6 Å². The molecule has 1 aromatic heterocycles. The third-order valence-corrected chi connectivity index (χ3v) is 4.98. The van der Waals surface area contributed by atoms with Crippen LogP contribution in [0.4, 0.5) is 19.0 Å². The summed E-state index contributed by atoms with van der Waals surface area (Å²) in [5.74, 6) is -3.13. The summed E-state index contributed by atoms with van der Waals surface area (Å²) in [6.07, 6.45) is -1.89. The summed E-state index contributed by atoms with van der Waals surface area (Å²) >= 11 is 5.82. The maximum absolute atomic E-state index is 14.3. The van der Waals surface area contributed by atoms with Crippen molar-refractivity contribution in [2.24, 2.45) is 0 Å². The minimum absolute atomic E-state index is 0.208. The summed E-state index contributed by atoms with van der Waals surface area (Å²) in [4.78, 5) is 31.0. The zero-order valence-corrected chi connectivity index (χ0v) is 15.9. The van der Waals surface area contributed by atoms with E-state index in [0.29, 0.717) is 21.0 Å². The number of rotatable bonds is 4. The number of piperazine rings is 1. The van der Waals surface area contributed by atoms with E-state index in [0.717, 1.165) is 17.9 Å². The molecule has 1 fully saturated rings. The normalized spacial score (nSPS) is 20.2. The molecule has 148 valence electrons. The highest BCUT2D eigenvalue weighted by Crippen LogP contribution is 2.34. The molecule has 2 aromatic rings. The highest BCUT2D eigenvalue weighted by atomic mass is 35.5. The highest BCUT2D eigenvalue weighted by molar-refractivity contribution is 6.30. The second kappa shape index (κ2) is 7.43. The molecule has 9 heteroatoms. The minimum atomic E-state index is -3.19. The first-order chi connectivity index (χ1) is 13.1. The van der Waals surface area contributed by atoms with Gasteiger partial charge in [0, 0.05) is 17.8 Å². The Hall–Kier alpha value is -2.61. The van der Waals surface area contributed by atoms with Gasteiger partial charge in [-0.15, -0.1) is 0 Å². The quantitative estimate of drug-likeness (QED) is 0.772. The van der Waals surface area contributed by atoms with E-state index in [1.807, 2.05) is 0 Å². The Balaban J connectivity index is 2.00. The van der Waals surface area contributed by atoms with Gasteiger partial charge in [0.15, 0.2) is 17.2 Å². The Kier molecular flexibility index (Phi) is 5.34. The fourth-order valence-corrected chi connectivity index (χ4v) is 3.20. The molecular weight excluding hydrogens is 395 g/mol. The SMILES string of the molecule is Cc1cnc(N2CC(=O)N(Cc3ccc(Cl)cc3)[C@@](C)(C(F)F)C2=O)c(F)c1. The standard InChI is InChI=1S/C19H17ClF3N3O2/c1-11-7-14(21)16(24-8-11)25-10-15(27)26(19(2,17(22)23)18(25)28)9-12-3-5-13(20)6-4-12/h3-8,17H,9-10H2,1-2H3/t19-/m0/s1. The van der Waals surface area contributed by atoms with Gasteiger partial charge in [-0.05, 0) is 43.2 Å². The molecule has 1 saturated heterocycles. The van der Waals surface area contributed by atoms with Crippen LogP contribution < -0.4 is 4.90 Å². The smallest absolute Gasteiger partial charge is 0.270 e. The van der Waals surface area contributed by atoms with Gasteiger partial charge in [-0.2, -0.15) is 0 Å². The topological polar surface area (TPSA) is 53.5 Å².